The van der Waals surface area contributed by atoms with E-state index in [-0.39, 0.29) is 5.75 Å². The number of hydrogen-bond donors (Lipinski definition) is 3. The SMILES string of the molecule is CCNC(=NCc1ccc(O)cc1)NCCOCC. The first-order valence-electron chi connectivity index (χ1n) is 6.64. The van der Waals surface area contributed by atoms with Crippen LogP contribution in [0.25, 0.3) is 0 Å². The molecule has 3 N–H and O–H groups in total. The fourth-order valence-electron chi connectivity index (χ4n) is 1.50. The van der Waals surface area contributed by atoms with E-state index >= 15 is 0 Å². The van der Waals surface area contributed by atoms with Gasteiger partial charge in [0.25, 0.3) is 0 Å². The Labute approximate surface area is 114 Å². The summed E-state index contributed by atoms with van der Waals surface area (Å²) in [6.07, 6.45) is 0. The van der Waals surface area contributed by atoms with Gasteiger partial charge in [-0.15, -0.1) is 0 Å². The number of phenols is 1. The molecule has 5 heteroatoms. The highest BCUT2D eigenvalue weighted by molar-refractivity contribution is 5.79. The molecule has 0 aliphatic carbocycles. The Hall–Kier alpha value is -1.75. The predicted octanol–water partition coefficient (Wildman–Crippen LogP) is 1.48. The zero-order chi connectivity index (χ0) is 13.9. The van der Waals surface area contributed by atoms with Gasteiger partial charge in [0.2, 0.25) is 0 Å². The van der Waals surface area contributed by atoms with Crippen molar-refractivity contribution in [1.82, 2.24) is 10.6 Å². The molecule has 0 unspecified atom stereocenters. The van der Waals surface area contributed by atoms with Crippen molar-refractivity contribution in [3.8, 4) is 5.75 Å². The van der Waals surface area contributed by atoms with Crippen molar-refractivity contribution < 1.29 is 9.84 Å². The van der Waals surface area contributed by atoms with Crippen LogP contribution in [0, 0.1) is 0 Å². The number of guanidine groups is 1. The van der Waals surface area contributed by atoms with Crippen molar-refractivity contribution >= 4 is 5.96 Å². The second kappa shape index (κ2) is 9.22. The molecule has 1 rings (SSSR count). The van der Waals surface area contributed by atoms with Gasteiger partial charge in [-0.1, -0.05) is 12.1 Å². The second-order valence-electron chi connectivity index (χ2n) is 3.99. The van der Waals surface area contributed by atoms with Gasteiger partial charge in [0.05, 0.1) is 13.2 Å². The molecule has 0 saturated carbocycles. The monoisotopic (exact) mass is 265 g/mol. The second-order valence-corrected chi connectivity index (χ2v) is 3.99. The number of rotatable bonds is 7. The van der Waals surface area contributed by atoms with Crippen LogP contribution in [-0.4, -0.2) is 37.4 Å². The van der Waals surface area contributed by atoms with E-state index in [2.05, 4.69) is 15.6 Å². The molecule has 0 aliphatic heterocycles. The van der Waals surface area contributed by atoms with Crippen molar-refractivity contribution in [2.24, 2.45) is 4.99 Å². The third-order valence-electron chi connectivity index (χ3n) is 2.44. The van der Waals surface area contributed by atoms with Gasteiger partial charge < -0.3 is 20.5 Å². The Morgan fingerprint density at radius 3 is 2.58 bits per heavy atom. The summed E-state index contributed by atoms with van der Waals surface area (Å²) in [5.74, 6) is 1.05. The summed E-state index contributed by atoms with van der Waals surface area (Å²) in [7, 11) is 0. The lowest BCUT2D eigenvalue weighted by atomic mass is 10.2. The number of benzene rings is 1. The van der Waals surface area contributed by atoms with E-state index in [0.717, 1.165) is 31.2 Å². The summed E-state index contributed by atoms with van der Waals surface area (Å²) in [5.41, 5.74) is 1.06. The molecule has 0 atom stereocenters. The largest absolute Gasteiger partial charge is 0.508 e. The van der Waals surface area contributed by atoms with Gasteiger partial charge in [0, 0.05) is 19.7 Å². The number of phenolic OH excluding ortho intramolecular Hbond substituents is 1. The van der Waals surface area contributed by atoms with Gasteiger partial charge in [0.1, 0.15) is 5.75 Å². The quantitative estimate of drug-likeness (QED) is 0.397. The summed E-state index contributed by atoms with van der Waals surface area (Å²) in [6.45, 7) is 7.52. The summed E-state index contributed by atoms with van der Waals surface area (Å²) in [5, 5.41) is 15.6. The maximum absolute atomic E-state index is 9.21. The van der Waals surface area contributed by atoms with E-state index in [0.29, 0.717) is 13.2 Å². The van der Waals surface area contributed by atoms with Crippen molar-refractivity contribution in [1.29, 1.82) is 0 Å². The number of ether oxygens (including phenoxy) is 1. The molecule has 0 bridgehead atoms. The highest BCUT2D eigenvalue weighted by Crippen LogP contribution is 2.10. The number of nitrogens with one attached hydrogen (secondary N) is 2. The lowest BCUT2D eigenvalue weighted by Gasteiger charge is -2.11. The Bertz CT molecular complexity index is 377. The molecule has 19 heavy (non-hydrogen) atoms. The van der Waals surface area contributed by atoms with Gasteiger partial charge in [-0.3, -0.25) is 0 Å². The first-order valence-corrected chi connectivity index (χ1v) is 6.64. The van der Waals surface area contributed by atoms with E-state index < -0.39 is 0 Å². The molecular weight excluding hydrogens is 242 g/mol. The van der Waals surface area contributed by atoms with Gasteiger partial charge in [0.15, 0.2) is 5.96 Å². The lowest BCUT2D eigenvalue weighted by molar-refractivity contribution is 0.152. The van der Waals surface area contributed by atoms with Crippen LogP contribution in [0.5, 0.6) is 5.75 Å². The molecule has 0 heterocycles. The number of nitrogens with zero attached hydrogens (tertiary/aromatic N) is 1. The Kier molecular flexibility index (Phi) is 7.43. The van der Waals surface area contributed by atoms with Crippen molar-refractivity contribution in [3.05, 3.63) is 29.8 Å². The molecule has 5 nitrogen and oxygen atoms in total. The van der Waals surface area contributed by atoms with Crippen LogP contribution in [0.4, 0.5) is 0 Å². The third-order valence-corrected chi connectivity index (χ3v) is 2.44. The van der Waals surface area contributed by atoms with Crippen LogP contribution in [0.15, 0.2) is 29.3 Å². The Balaban J connectivity index is 2.45. The van der Waals surface area contributed by atoms with Crippen LogP contribution < -0.4 is 10.6 Å². The number of aliphatic imine (C=N–C) groups is 1. The third kappa shape index (κ3) is 6.67. The summed E-state index contributed by atoms with van der Waals surface area (Å²) in [4.78, 5) is 4.47. The molecule has 0 spiro atoms. The van der Waals surface area contributed by atoms with E-state index in [1.165, 1.54) is 0 Å². The van der Waals surface area contributed by atoms with Crippen LogP contribution in [0.2, 0.25) is 0 Å². The maximum atomic E-state index is 9.21. The molecule has 0 amide bonds. The minimum absolute atomic E-state index is 0.273. The first kappa shape index (κ1) is 15.3. The van der Waals surface area contributed by atoms with Gasteiger partial charge in [-0.25, -0.2) is 4.99 Å². The summed E-state index contributed by atoms with van der Waals surface area (Å²) in [6, 6.07) is 7.06. The minimum Gasteiger partial charge on any atom is -0.508 e. The molecule has 0 aromatic heterocycles. The zero-order valence-corrected chi connectivity index (χ0v) is 11.6. The van der Waals surface area contributed by atoms with Crippen LogP contribution in [0.1, 0.15) is 19.4 Å². The Morgan fingerprint density at radius 1 is 1.21 bits per heavy atom. The fourth-order valence-corrected chi connectivity index (χ4v) is 1.50. The summed E-state index contributed by atoms with van der Waals surface area (Å²) >= 11 is 0. The van der Waals surface area contributed by atoms with Gasteiger partial charge in [-0.2, -0.15) is 0 Å². The normalized spacial score (nSPS) is 11.4. The van der Waals surface area contributed by atoms with Gasteiger partial charge >= 0.3 is 0 Å². The molecular formula is C14H23N3O2. The van der Waals surface area contributed by atoms with Crippen LogP contribution in [0.3, 0.4) is 0 Å². The first-order chi connectivity index (χ1) is 9.26. The average Bonchev–Trinajstić information content (AvgIpc) is 2.42. The van der Waals surface area contributed by atoms with E-state index in [1.807, 2.05) is 26.0 Å². The smallest absolute Gasteiger partial charge is 0.191 e. The van der Waals surface area contributed by atoms with E-state index in [4.69, 9.17) is 4.74 Å². The molecule has 106 valence electrons. The molecule has 0 fully saturated rings. The lowest BCUT2D eigenvalue weighted by Crippen LogP contribution is -2.38. The molecule has 0 aliphatic rings. The van der Waals surface area contributed by atoms with E-state index in [9.17, 15) is 5.11 Å². The number of aromatic hydroxyl groups is 1. The van der Waals surface area contributed by atoms with Crippen LogP contribution in [-0.2, 0) is 11.3 Å². The number of hydrogen-bond acceptors (Lipinski definition) is 3. The van der Waals surface area contributed by atoms with Crippen LogP contribution >= 0.6 is 0 Å². The average molecular weight is 265 g/mol. The molecule has 0 saturated heterocycles. The van der Waals surface area contributed by atoms with Gasteiger partial charge in [-0.05, 0) is 31.5 Å². The predicted molar refractivity (Wildman–Crippen MR) is 77.4 cm³/mol. The zero-order valence-electron chi connectivity index (χ0n) is 11.6. The van der Waals surface area contributed by atoms with E-state index in [1.54, 1.807) is 12.1 Å². The highest BCUT2D eigenvalue weighted by Gasteiger charge is 1.97. The standard InChI is InChI=1S/C14H23N3O2/c1-3-15-14(16-9-10-19-4-2)17-11-12-5-7-13(18)8-6-12/h5-8,18H,3-4,9-11H2,1-2H3,(H2,15,16,17). The van der Waals surface area contributed by atoms with Crippen molar-refractivity contribution in [3.63, 3.8) is 0 Å². The molecule has 1 aromatic rings. The topological polar surface area (TPSA) is 65.9 Å². The highest BCUT2D eigenvalue weighted by atomic mass is 16.5. The minimum atomic E-state index is 0.273. The summed E-state index contributed by atoms with van der Waals surface area (Å²) < 4.78 is 5.26. The molecule has 1 aromatic carbocycles. The Morgan fingerprint density at radius 2 is 1.95 bits per heavy atom. The fraction of sp³-hybridized carbons (Fsp3) is 0.500. The molecule has 0 radical (unpaired) electrons. The maximum Gasteiger partial charge on any atom is 0.191 e. The van der Waals surface area contributed by atoms with Crippen molar-refractivity contribution in [2.45, 2.75) is 20.4 Å². The van der Waals surface area contributed by atoms with Crippen molar-refractivity contribution in [2.75, 3.05) is 26.3 Å².